The van der Waals surface area contributed by atoms with Crippen LogP contribution in [-0.4, -0.2) is 16.6 Å². The van der Waals surface area contributed by atoms with Gasteiger partial charge in [-0.2, -0.15) is 0 Å². The standard InChI is InChI=1S/C16H14N2OS2/c1-2-20-13-6-3-11(4-7-13)16(19)18-12-5-8-14-15(9-12)21-10-17-14/h3-10H,2H2,1H3,(H,18,19). The summed E-state index contributed by atoms with van der Waals surface area (Å²) in [7, 11) is 0. The Morgan fingerprint density at radius 3 is 2.81 bits per heavy atom. The molecule has 21 heavy (non-hydrogen) atoms. The first kappa shape index (κ1) is 14.1. The second-order valence-electron chi connectivity index (χ2n) is 4.45. The summed E-state index contributed by atoms with van der Waals surface area (Å²) in [6.45, 7) is 2.11. The molecule has 2 aromatic carbocycles. The van der Waals surface area contributed by atoms with Gasteiger partial charge in [-0.3, -0.25) is 4.79 Å². The lowest BCUT2D eigenvalue weighted by atomic mass is 10.2. The van der Waals surface area contributed by atoms with Gasteiger partial charge in [-0.25, -0.2) is 4.98 Å². The number of thiazole rings is 1. The van der Waals surface area contributed by atoms with Crippen molar-refractivity contribution in [1.82, 2.24) is 4.98 Å². The van der Waals surface area contributed by atoms with Gasteiger partial charge in [0.15, 0.2) is 0 Å². The number of hydrogen-bond acceptors (Lipinski definition) is 4. The van der Waals surface area contributed by atoms with E-state index in [1.165, 1.54) is 4.90 Å². The van der Waals surface area contributed by atoms with Crippen LogP contribution in [0.25, 0.3) is 10.2 Å². The van der Waals surface area contributed by atoms with Crippen LogP contribution in [0.3, 0.4) is 0 Å². The molecule has 1 aromatic heterocycles. The first-order chi connectivity index (χ1) is 10.3. The zero-order valence-electron chi connectivity index (χ0n) is 11.5. The molecule has 5 heteroatoms. The van der Waals surface area contributed by atoms with Gasteiger partial charge in [-0.1, -0.05) is 6.92 Å². The molecule has 0 aliphatic rings. The lowest BCUT2D eigenvalue weighted by molar-refractivity contribution is 0.102. The minimum atomic E-state index is -0.0908. The van der Waals surface area contributed by atoms with Crippen molar-refractivity contribution in [2.24, 2.45) is 0 Å². The Labute approximate surface area is 131 Å². The Hall–Kier alpha value is -1.85. The Kier molecular flexibility index (Phi) is 4.22. The number of hydrogen-bond donors (Lipinski definition) is 1. The highest BCUT2D eigenvalue weighted by atomic mass is 32.2. The molecular weight excluding hydrogens is 300 g/mol. The molecule has 0 saturated heterocycles. The molecule has 3 rings (SSSR count). The highest BCUT2D eigenvalue weighted by molar-refractivity contribution is 7.99. The van der Waals surface area contributed by atoms with Crippen molar-refractivity contribution in [3.05, 3.63) is 53.5 Å². The molecule has 106 valence electrons. The molecule has 0 fully saturated rings. The van der Waals surface area contributed by atoms with Crippen molar-refractivity contribution < 1.29 is 4.79 Å². The average Bonchev–Trinajstić information content (AvgIpc) is 2.96. The molecule has 0 saturated carbocycles. The Morgan fingerprint density at radius 2 is 2.05 bits per heavy atom. The lowest BCUT2D eigenvalue weighted by Gasteiger charge is -2.06. The number of amides is 1. The van der Waals surface area contributed by atoms with Crippen molar-refractivity contribution in [1.29, 1.82) is 0 Å². The van der Waals surface area contributed by atoms with Crippen LogP contribution < -0.4 is 5.32 Å². The minimum absolute atomic E-state index is 0.0908. The van der Waals surface area contributed by atoms with Gasteiger partial charge < -0.3 is 5.32 Å². The van der Waals surface area contributed by atoms with E-state index in [-0.39, 0.29) is 5.91 Å². The number of nitrogens with zero attached hydrogens (tertiary/aromatic N) is 1. The summed E-state index contributed by atoms with van der Waals surface area (Å²) in [6, 6.07) is 13.4. The number of carbonyl (C=O) groups is 1. The maximum atomic E-state index is 12.2. The summed E-state index contributed by atoms with van der Waals surface area (Å²) in [5.74, 6) is 0.937. The van der Waals surface area contributed by atoms with Crippen LogP contribution in [0.15, 0.2) is 52.9 Å². The molecule has 0 aliphatic heterocycles. The summed E-state index contributed by atoms with van der Waals surface area (Å²) < 4.78 is 1.07. The number of thioether (sulfide) groups is 1. The van der Waals surface area contributed by atoms with Crippen molar-refractivity contribution in [3.8, 4) is 0 Å². The fourth-order valence-electron chi connectivity index (χ4n) is 2.01. The van der Waals surface area contributed by atoms with Crippen molar-refractivity contribution >= 4 is 44.9 Å². The van der Waals surface area contributed by atoms with Crippen molar-refractivity contribution in [2.45, 2.75) is 11.8 Å². The molecule has 3 aromatic rings. The predicted octanol–water partition coefficient (Wildman–Crippen LogP) is 4.66. The van der Waals surface area contributed by atoms with E-state index >= 15 is 0 Å². The lowest BCUT2D eigenvalue weighted by Crippen LogP contribution is -2.11. The van der Waals surface area contributed by atoms with Crippen LogP contribution in [-0.2, 0) is 0 Å². The Morgan fingerprint density at radius 1 is 1.24 bits per heavy atom. The van der Waals surface area contributed by atoms with E-state index in [2.05, 4.69) is 17.2 Å². The van der Waals surface area contributed by atoms with Gasteiger partial charge >= 0.3 is 0 Å². The molecule has 0 atom stereocenters. The van der Waals surface area contributed by atoms with Crippen LogP contribution in [0.4, 0.5) is 5.69 Å². The number of benzene rings is 2. The maximum absolute atomic E-state index is 12.2. The number of fused-ring (bicyclic) bond motifs is 1. The largest absolute Gasteiger partial charge is 0.322 e. The molecule has 0 spiro atoms. The normalized spacial score (nSPS) is 10.7. The van der Waals surface area contributed by atoms with Gasteiger partial charge in [0.25, 0.3) is 5.91 Å². The summed E-state index contributed by atoms with van der Waals surface area (Å²) in [4.78, 5) is 17.6. The first-order valence-electron chi connectivity index (χ1n) is 6.64. The summed E-state index contributed by atoms with van der Waals surface area (Å²) in [6.07, 6.45) is 0. The van der Waals surface area contributed by atoms with E-state index in [0.717, 1.165) is 21.7 Å². The minimum Gasteiger partial charge on any atom is -0.322 e. The maximum Gasteiger partial charge on any atom is 0.255 e. The average molecular weight is 314 g/mol. The first-order valence-corrected chi connectivity index (χ1v) is 8.50. The van der Waals surface area contributed by atoms with E-state index in [1.807, 2.05) is 42.5 Å². The van der Waals surface area contributed by atoms with E-state index in [4.69, 9.17) is 0 Å². The van der Waals surface area contributed by atoms with E-state index in [9.17, 15) is 4.79 Å². The number of nitrogens with one attached hydrogen (secondary N) is 1. The van der Waals surface area contributed by atoms with Gasteiger partial charge in [0.1, 0.15) is 0 Å². The number of aromatic nitrogens is 1. The van der Waals surface area contributed by atoms with E-state index in [1.54, 1.807) is 28.6 Å². The van der Waals surface area contributed by atoms with Crippen LogP contribution in [0, 0.1) is 0 Å². The topological polar surface area (TPSA) is 42.0 Å². The predicted molar refractivity (Wildman–Crippen MR) is 90.4 cm³/mol. The molecule has 1 N–H and O–H groups in total. The molecule has 0 radical (unpaired) electrons. The zero-order valence-corrected chi connectivity index (χ0v) is 13.1. The quantitative estimate of drug-likeness (QED) is 0.712. The number of carbonyl (C=O) groups excluding carboxylic acids is 1. The van der Waals surface area contributed by atoms with Crippen LogP contribution in [0.5, 0.6) is 0 Å². The second kappa shape index (κ2) is 6.28. The molecule has 0 bridgehead atoms. The third-order valence-electron chi connectivity index (χ3n) is 3.02. The van der Waals surface area contributed by atoms with E-state index < -0.39 is 0 Å². The third-order valence-corrected chi connectivity index (χ3v) is 4.70. The van der Waals surface area contributed by atoms with E-state index in [0.29, 0.717) is 5.56 Å². The highest BCUT2D eigenvalue weighted by Gasteiger charge is 2.07. The van der Waals surface area contributed by atoms with Crippen LogP contribution in [0.2, 0.25) is 0 Å². The SMILES string of the molecule is CCSc1ccc(C(=O)Nc2ccc3ncsc3c2)cc1. The van der Waals surface area contributed by atoms with Crippen LogP contribution in [0.1, 0.15) is 17.3 Å². The number of rotatable bonds is 4. The smallest absolute Gasteiger partial charge is 0.255 e. The second-order valence-corrected chi connectivity index (χ2v) is 6.67. The Bertz CT molecular complexity index is 765. The summed E-state index contributed by atoms with van der Waals surface area (Å²) >= 11 is 3.33. The highest BCUT2D eigenvalue weighted by Crippen LogP contribution is 2.23. The Balaban J connectivity index is 1.75. The van der Waals surface area contributed by atoms with Gasteiger partial charge in [-0.05, 0) is 48.2 Å². The van der Waals surface area contributed by atoms with Gasteiger partial charge in [0, 0.05) is 16.1 Å². The molecule has 0 unspecified atom stereocenters. The van der Waals surface area contributed by atoms with Gasteiger partial charge in [0.05, 0.1) is 15.7 Å². The zero-order chi connectivity index (χ0) is 14.7. The third kappa shape index (κ3) is 3.25. The van der Waals surface area contributed by atoms with Crippen molar-refractivity contribution in [3.63, 3.8) is 0 Å². The van der Waals surface area contributed by atoms with Crippen LogP contribution >= 0.6 is 23.1 Å². The summed E-state index contributed by atoms with van der Waals surface area (Å²) in [5.41, 5.74) is 4.22. The number of anilines is 1. The fraction of sp³-hybridized carbons (Fsp3) is 0.125. The summed E-state index contributed by atoms with van der Waals surface area (Å²) in [5, 5.41) is 2.92. The molecule has 3 nitrogen and oxygen atoms in total. The fourth-order valence-corrected chi connectivity index (χ4v) is 3.38. The monoisotopic (exact) mass is 314 g/mol. The molecule has 1 heterocycles. The van der Waals surface area contributed by atoms with Crippen molar-refractivity contribution in [2.75, 3.05) is 11.1 Å². The molecule has 0 aliphatic carbocycles. The van der Waals surface area contributed by atoms with Gasteiger partial charge in [-0.15, -0.1) is 23.1 Å². The molecule has 1 amide bonds. The van der Waals surface area contributed by atoms with Gasteiger partial charge in [0.2, 0.25) is 0 Å². The molecular formula is C16H14N2OS2.